The first-order valence-electron chi connectivity index (χ1n) is 7.67. The summed E-state index contributed by atoms with van der Waals surface area (Å²) < 4.78 is 0. The Morgan fingerprint density at radius 3 is 2.67 bits per heavy atom. The molecule has 2 aromatic carbocycles. The number of hydrogen-bond acceptors (Lipinski definition) is 4. The number of rotatable bonds is 5. The Bertz CT molecular complexity index is 816. The van der Waals surface area contributed by atoms with Gasteiger partial charge in [0.25, 0.3) is 5.91 Å². The molecule has 0 radical (unpaired) electrons. The third-order valence-corrected chi connectivity index (χ3v) is 3.54. The highest BCUT2D eigenvalue weighted by atomic mass is 16.1. The lowest BCUT2D eigenvalue weighted by Crippen LogP contribution is -2.12. The number of nitrogens with one attached hydrogen (secondary N) is 2. The van der Waals surface area contributed by atoms with E-state index < -0.39 is 0 Å². The largest absolute Gasteiger partial charge is 0.365 e. The molecule has 3 rings (SSSR count). The predicted molar refractivity (Wildman–Crippen MR) is 94.9 cm³/mol. The SMILES string of the molecule is Cc1ccc(C(=O)Nc2cccc(CNc3cnccn3)c2)cc1. The van der Waals surface area contributed by atoms with E-state index >= 15 is 0 Å². The number of nitrogens with zero attached hydrogens (tertiary/aromatic N) is 2. The van der Waals surface area contributed by atoms with Crippen LogP contribution in [-0.4, -0.2) is 15.9 Å². The van der Waals surface area contributed by atoms with Gasteiger partial charge in [-0.15, -0.1) is 0 Å². The third kappa shape index (κ3) is 4.16. The molecular weight excluding hydrogens is 300 g/mol. The number of aryl methyl sites for hydroxylation is 1. The minimum absolute atomic E-state index is 0.117. The maximum atomic E-state index is 12.3. The molecule has 0 aliphatic rings. The van der Waals surface area contributed by atoms with Crippen LogP contribution in [0.2, 0.25) is 0 Å². The van der Waals surface area contributed by atoms with Crippen molar-refractivity contribution in [3.8, 4) is 0 Å². The van der Waals surface area contributed by atoms with Gasteiger partial charge in [-0.25, -0.2) is 4.98 Å². The molecule has 3 aromatic rings. The normalized spacial score (nSPS) is 10.2. The molecule has 1 aromatic heterocycles. The van der Waals surface area contributed by atoms with Crippen LogP contribution in [0.25, 0.3) is 0 Å². The van der Waals surface area contributed by atoms with Crippen molar-refractivity contribution in [2.75, 3.05) is 10.6 Å². The fourth-order valence-electron chi connectivity index (χ4n) is 2.25. The number of amides is 1. The summed E-state index contributed by atoms with van der Waals surface area (Å²) in [4.78, 5) is 20.5. The van der Waals surface area contributed by atoms with Gasteiger partial charge >= 0.3 is 0 Å². The summed E-state index contributed by atoms with van der Waals surface area (Å²) in [5.41, 5.74) is 3.58. The van der Waals surface area contributed by atoms with Gasteiger partial charge in [0.2, 0.25) is 0 Å². The molecule has 0 spiro atoms. The predicted octanol–water partition coefficient (Wildman–Crippen LogP) is 3.65. The van der Waals surface area contributed by atoms with Crippen LogP contribution in [0.4, 0.5) is 11.5 Å². The smallest absolute Gasteiger partial charge is 0.255 e. The molecule has 0 bridgehead atoms. The summed E-state index contributed by atoms with van der Waals surface area (Å²) in [5.74, 6) is 0.598. The first-order chi connectivity index (χ1) is 11.7. The number of carbonyl (C=O) groups excluding carboxylic acids is 1. The van der Waals surface area contributed by atoms with Crippen molar-refractivity contribution < 1.29 is 4.79 Å². The zero-order valence-electron chi connectivity index (χ0n) is 13.4. The van der Waals surface area contributed by atoms with Crippen LogP contribution in [0.1, 0.15) is 21.5 Å². The van der Waals surface area contributed by atoms with Gasteiger partial charge in [-0.05, 0) is 36.8 Å². The summed E-state index contributed by atoms with van der Waals surface area (Å²) in [6, 6.07) is 15.2. The van der Waals surface area contributed by atoms with Crippen molar-refractivity contribution in [2.45, 2.75) is 13.5 Å². The van der Waals surface area contributed by atoms with Gasteiger partial charge in [0.1, 0.15) is 5.82 Å². The molecule has 0 aliphatic carbocycles. The molecule has 0 saturated carbocycles. The lowest BCUT2D eigenvalue weighted by Gasteiger charge is -2.09. The molecule has 24 heavy (non-hydrogen) atoms. The highest BCUT2D eigenvalue weighted by molar-refractivity contribution is 6.04. The summed E-state index contributed by atoms with van der Waals surface area (Å²) in [6.07, 6.45) is 4.94. The molecule has 5 nitrogen and oxygen atoms in total. The van der Waals surface area contributed by atoms with Crippen molar-refractivity contribution in [1.29, 1.82) is 0 Å². The fraction of sp³-hybridized carbons (Fsp3) is 0.105. The lowest BCUT2D eigenvalue weighted by molar-refractivity contribution is 0.102. The Hall–Kier alpha value is -3.21. The molecule has 0 saturated heterocycles. The van der Waals surface area contributed by atoms with Crippen LogP contribution < -0.4 is 10.6 Å². The first-order valence-corrected chi connectivity index (χ1v) is 7.67. The topological polar surface area (TPSA) is 66.9 Å². The quantitative estimate of drug-likeness (QED) is 0.753. The number of carbonyl (C=O) groups is 1. The van der Waals surface area contributed by atoms with Gasteiger partial charge < -0.3 is 10.6 Å². The van der Waals surface area contributed by atoms with Crippen molar-refractivity contribution in [3.63, 3.8) is 0 Å². The zero-order chi connectivity index (χ0) is 16.8. The fourth-order valence-corrected chi connectivity index (χ4v) is 2.25. The van der Waals surface area contributed by atoms with E-state index in [1.54, 1.807) is 18.6 Å². The van der Waals surface area contributed by atoms with Crippen LogP contribution in [0.5, 0.6) is 0 Å². The van der Waals surface area contributed by atoms with E-state index in [1.807, 2.05) is 55.5 Å². The first kappa shape index (κ1) is 15.7. The summed E-state index contributed by atoms with van der Waals surface area (Å²) in [5, 5.41) is 6.11. The number of hydrogen-bond donors (Lipinski definition) is 2. The second-order valence-corrected chi connectivity index (χ2v) is 5.46. The van der Waals surface area contributed by atoms with Gasteiger partial charge in [-0.1, -0.05) is 29.8 Å². The maximum absolute atomic E-state index is 12.3. The van der Waals surface area contributed by atoms with E-state index in [0.717, 1.165) is 16.8 Å². The van der Waals surface area contributed by atoms with Crippen molar-refractivity contribution in [3.05, 3.63) is 83.8 Å². The van der Waals surface area contributed by atoms with E-state index in [1.165, 1.54) is 0 Å². The summed E-state index contributed by atoms with van der Waals surface area (Å²) >= 11 is 0. The van der Waals surface area contributed by atoms with Gasteiger partial charge in [-0.2, -0.15) is 0 Å². The van der Waals surface area contributed by atoms with E-state index in [9.17, 15) is 4.79 Å². The molecule has 120 valence electrons. The van der Waals surface area contributed by atoms with Gasteiger partial charge in [0, 0.05) is 30.2 Å². The minimum atomic E-state index is -0.117. The Labute approximate surface area is 140 Å². The van der Waals surface area contributed by atoms with Gasteiger partial charge in [0.15, 0.2) is 0 Å². The van der Waals surface area contributed by atoms with Gasteiger partial charge in [-0.3, -0.25) is 9.78 Å². The van der Waals surface area contributed by atoms with E-state index in [0.29, 0.717) is 17.9 Å². The highest BCUT2D eigenvalue weighted by Gasteiger charge is 2.06. The van der Waals surface area contributed by atoms with Crippen LogP contribution in [0.3, 0.4) is 0 Å². The Morgan fingerprint density at radius 2 is 1.92 bits per heavy atom. The average Bonchev–Trinajstić information content (AvgIpc) is 2.62. The molecule has 0 fully saturated rings. The summed E-state index contributed by atoms with van der Waals surface area (Å²) in [6.45, 7) is 2.60. The van der Waals surface area contributed by atoms with Crippen molar-refractivity contribution >= 4 is 17.4 Å². The van der Waals surface area contributed by atoms with E-state index in [4.69, 9.17) is 0 Å². The Balaban J connectivity index is 1.64. The molecule has 2 N–H and O–H groups in total. The van der Waals surface area contributed by atoms with Crippen molar-refractivity contribution in [2.24, 2.45) is 0 Å². The minimum Gasteiger partial charge on any atom is -0.365 e. The number of aromatic nitrogens is 2. The molecule has 5 heteroatoms. The number of anilines is 2. The molecule has 0 atom stereocenters. The van der Waals surface area contributed by atoms with Crippen LogP contribution in [0.15, 0.2) is 67.1 Å². The average molecular weight is 318 g/mol. The monoisotopic (exact) mass is 318 g/mol. The van der Waals surface area contributed by atoms with E-state index in [-0.39, 0.29) is 5.91 Å². The number of benzene rings is 2. The second-order valence-electron chi connectivity index (χ2n) is 5.46. The van der Waals surface area contributed by atoms with Crippen LogP contribution in [-0.2, 0) is 6.54 Å². The molecule has 0 unspecified atom stereocenters. The maximum Gasteiger partial charge on any atom is 0.255 e. The van der Waals surface area contributed by atoms with Crippen LogP contribution >= 0.6 is 0 Å². The molecule has 1 amide bonds. The standard InChI is InChI=1S/C19H18N4O/c1-14-5-7-16(8-6-14)19(24)23-17-4-2-3-15(11-17)12-22-18-13-20-9-10-21-18/h2-11,13H,12H2,1H3,(H,21,22)(H,23,24). The highest BCUT2D eigenvalue weighted by Crippen LogP contribution is 2.14. The van der Waals surface area contributed by atoms with Gasteiger partial charge in [0.05, 0.1) is 6.20 Å². The molecule has 1 heterocycles. The zero-order valence-corrected chi connectivity index (χ0v) is 13.4. The van der Waals surface area contributed by atoms with Crippen LogP contribution in [0, 0.1) is 6.92 Å². The summed E-state index contributed by atoms with van der Waals surface area (Å²) in [7, 11) is 0. The Morgan fingerprint density at radius 1 is 1.08 bits per heavy atom. The van der Waals surface area contributed by atoms with Crippen molar-refractivity contribution in [1.82, 2.24) is 9.97 Å². The molecule has 0 aliphatic heterocycles. The van der Waals surface area contributed by atoms with E-state index in [2.05, 4.69) is 20.6 Å². The molecular formula is C19H18N4O. The second kappa shape index (κ2) is 7.37. The third-order valence-electron chi connectivity index (χ3n) is 3.54. The lowest BCUT2D eigenvalue weighted by atomic mass is 10.1. The Kier molecular flexibility index (Phi) is 4.81.